The molecule has 0 aliphatic carbocycles. The van der Waals surface area contributed by atoms with Crippen LogP contribution in [0.5, 0.6) is 0 Å². The summed E-state index contributed by atoms with van der Waals surface area (Å²) in [5.74, 6) is 0.460. The molecule has 0 aliphatic rings. The summed E-state index contributed by atoms with van der Waals surface area (Å²) in [4.78, 5) is 19.5. The standard InChI is InChI=1S/C14H12N4O.ClH.H2O/c15-10-7-5-9(6-8-10)13(19)18-14-16-11-3-1-2-4-12(11)17-14;;/h1-8H,15H2,(H2,16,17,18,19);1H;1H2. The molecule has 7 N–H and O–H groups in total. The Morgan fingerprint density at radius 3 is 2.43 bits per heavy atom. The number of nitrogens with one attached hydrogen (secondary N) is 1. The van der Waals surface area contributed by atoms with Crippen LogP contribution in [-0.2, 0) is 0 Å². The molecular formula is C14H15ClN4O2. The molecule has 1 aromatic heterocycles. The van der Waals surface area contributed by atoms with Gasteiger partial charge in [0.25, 0.3) is 0 Å². The molecule has 0 radical (unpaired) electrons. The fourth-order valence-corrected chi connectivity index (χ4v) is 1.90. The number of carbonyl (C=O) groups excluding carboxylic acids is 1. The summed E-state index contributed by atoms with van der Waals surface area (Å²) >= 11 is 0. The van der Waals surface area contributed by atoms with E-state index in [1.165, 1.54) is 5.32 Å². The fourth-order valence-electron chi connectivity index (χ4n) is 1.90. The van der Waals surface area contributed by atoms with Crippen molar-refractivity contribution < 1.29 is 28.0 Å². The van der Waals surface area contributed by atoms with E-state index in [-0.39, 0.29) is 23.8 Å². The molecule has 0 unspecified atom stereocenters. The Morgan fingerprint density at radius 1 is 1.10 bits per heavy atom. The maximum absolute atomic E-state index is 12.0. The second-order valence-corrected chi connectivity index (χ2v) is 4.27. The Kier molecular flexibility index (Phi) is 5.43. The highest BCUT2D eigenvalue weighted by atomic mass is 35.5. The first kappa shape index (κ1) is 16.6. The van der Waals surface area contributed by atoms with Crippen LogP contribution in [0.4, 0.5) is 11.6 Å². The van der Waals surface area contributed by atoms with Crippen LogP contribution in [0.15, 0.2) is 48.5 Å². The van der Waals surface area contributed by atoms with Crippen molar-refractivity contribution in [3.63, 3.8) is 0 Å². The molecule has 0 fully saturated rings. The van der Waals surface area contributed by atoms with Crippen molar-refractivity contribution in [2.45, 2.75) is 0 Å². The third-order valence-electron chi connectivity index (χ3n) is 2.87. The number of nitrogens with zero attached hydrogens (tertiary/aromatic N) is 1. The number of hydrogen-bond donors (Lipinski definition) is 3. The smallest absolute Gasteiger partial charge is 0.350 e. The fraction of sp³-hybridized carbons (Fsp3) is 0. The minimum atomic E-state index is -0.0981. The monoisotopic (exact) mass is 306 g/mol. The molecule has 7 heteroatoms. The van der Waals surface area contributed by atoms with Crippen LogP contribution in [0.2, 0.25) is 0 Å². The number of carbonyl (C=O) groups is 1. The molecule has 0 saturated carbocycles. The van der Waals surface area contributed by atoms with E-state index in [9.17, 15) is 4.79 Å². The summed E-state index contributed by atoms with van der Waals surface area (Å²) in [6.45, 7) is 0. The average molecular weight is 307 g/mol. The maximum atomic E-state index is 12.0. The van der Waals surface area contributed by atoms with Crippen LogP contribution in [0.25, 0.3) is 11.0 Å². The number of anilines is 1. The van der Waals surface area contributed by atoms with Crippen LogP contribution < -0.4 is 23.5 Å². The van der Waals surface area contributed by atoms with Crippen LogP contribution in [0, 0.1) is 0 Å². The van der Waals surface area contributed by atoms with Crippen molar-refractivity contribution in [2.75, 3.05) is 5.73 Å². The zero-order valence-electron chi connectivity index (χ0n) is 11.0. The van der Waals surface area contributed by atoms with Crippen LogP contribution in [0.1, 0.15) is 10.4 Å². The van der Waals surface area contributed by atoms with Crippen LogP contribution in [-0.4, -0.2) is 21.4 Å². The summed E-state index contributed by atoms with van der Waals surface area (Å²) in [6.07, 6.45) is 0. The van der Waals surface area contributed by atoms with E-state index in [4.69, 9.17) is 5.73 Å². The van der Waals surface area contributed by atoms with E-state index in [1.807, 2.05) is 24.3 Å². The predicted octanol–water partition coefficient (Wildman–Crippen LogP) is -2.64. The van der Waals surface area contributed by atoms with Gasteiger partial charge < -0.3 is 23.6 Å². The van der Waals surface area contributed by atoms with Gasteiger partial charge in [0.2, 0.25) is 0 Å². The molecule has 0 aliphatic heterocycles. The van der Waals surface area contributed by atoms with Gasteiger partial charge in [0.15, 0.2) is 0 Å². The molecule has 0 spiro atoms. The first-order valence-electron chi connectivity index (χ1n) is 5.92. The first-order valence-corrected chi connectivity index (χ1v) is 5.92. The number of amides is 1. The molecule has 0 saturated heterocycles. The number of primary amides is 1. The zero-order valence-corrected chi connectivity index (χ0v) is 11.8. The minimum absolute atomic E-state index is 0. The molecular weight excluding hydrogens is 292 g/mol. The molecule has 6 nitrogen and oxygen atoms in total. The van der Waals surface area contributed by atoms with E-state index in [0.29, 0.717) is 17.2 Å². The summed E-state index contributed by atoms with van der Waals surface area (Å²) in [6, 6.07) is 14.5. The van der Waals surface area contributed by atoms with Gasteiger partial charge in [0, 0.05) is 5.69 Å². The number of fused-ring (bicyclic) bond motifs is 1. The second kappa shape index (κ2) is 6.85. The number of aromatic amines is 1. The predicted molar refractivity (Wildman–Crippen MR) is 76.5 cm³/mol. The Bertz CT molecular complexity index is 707. The van der Waals surface area contributed by atoms with Crippen LogP contribution >= 0.6 is 0 Å². The number of nitrogens with two attached hydrogens (primary N) is 2. The van der Waals surface area contributed by atoms with Crippen molar-refractivity contribution in [3.8, 4) is 0 Å². The molecule has 1 amide bonds. The lowest BCUT2D eigenvalue weighted by Gasteiger charge is -1.97. The molecule has 1 heterocycles. The van der Waals surface area contributed by atoms with Crippen molar-refractivity contribution in [1.82, 2.24) is 9.97 Å². The van der Waals surface area contributed by atoms with Gasteiger partial charge in [0.05, 0.1) is 16.6 Å². The maximum Gasteiger partial charge on any atom is 0.350 e. The number of para-hydroxylation sites is 2. The Balaban J connectivity index is 0.00000110. The van der Waals surface area contributed by atoms with Crippen molar-refractivity contribution in [3.05, 3.63) is 54.1 Å². The molecule has 21 heavy (non-hydrogen) atoms. The summed E-state index contributed by atoms with van der Waals surface area (Å²) in [5.41, 5.74) is 8.58. The highest BCUT2D eigenvalue weighted by Gasteiger charge is 2.14. The van der Waals surface area contributed by atoms with Gasteiger partial charge >= 0.3 is 11.9 Å². The van der Waals surface area contributed by atoms with Crippen molar-refractivity contribution >= 4 is 28.6 Å². The molecule has 0 atom stereocenters. The number of quaternary nitrogens is 1. The largest absolute Gasteiger partial charge is 1.00 e. The Morgan fingerprint density at radius 2 is 1.76 bits per heavy atom. The third-order valence-corrected chi connectivity index (χ3v) is 2.87. The summed E-state index contributed by atoms with van der Waals surface area (Å²) in [5, 5.41) is 1.49. The third kappa shape index (κ3) is 3.57. The number of halogens is 1. The van der Waals surface area contributed by atoms with E-state index in [2.05, 4.69) is 9.97 Å². The van der Waals surface area contributed by atoms with E-state index < -0.39 is 0 Å². The van der Waals surface area contributed by atoms with Gasteiger partial charge in [-0.25, -0.2) is 10.1 Å². The number of hydrogen-bond acceptors (Lipinski definition) is 3. The first-order chi connectivity index (χ1) is 9.22. The number of H-pyrrole nitrogens is 1. The summed E-state index contributed by atoms with van der Waals surface area (Å²) < 4.78 is 0. The average Bonchev–Trinajstić information content (AvgIpc) is 2.81. The van der Waals surface area contributed by atoms with E-state index >= 15 is 0 Å². The van der Waals surface area contributed by atoms with E-state index in [0.717, 1.165) is 11.0 Å². The van der Waals surface area contributed by atoms with Crippen molar-refractivity contribution in [2.24, 2.45) is 0 Å². The quantitative estimate of drug-likeness (QED) is 0.449. The molecule has 3 rings (SSSR count). The number of benzene rings is 2. The van der Waals surface area contributed by atoms with Crippen LogP contribution in [0.3, 0.4) is 0 Å². The number of aromatic nitrogens is 2. The highest BCUT2D eigenvalue weighted by Crippen LogP contribution is 2.10. The van der Waals surface area contributed by atoms with Crippen molar-refractivity contribution in [1.29, 1.82) is 0 Å². The van der Waals surface area contributed by atoms with Gasteiger partial charge in [-0.2, -0.15) is 4.98 Å². The molecule has 2 aromatic carbocycles. The second-order valence-electron chi connectivity index (χ2n) is 4.27. The molecule has 0 bridgehead atoms. The summed E-state index contributed by atoms with van der Waals surface area (Å²) in [7, 11) is 0. The van der Waals surface area contributed by atoms with Gasteiger partial charge in [-0.05, 0) is 36.4 Å². The van der Waals surface area contributed by atoms with Gasteiger partial charge in [-0.3, -0.25) is 4.98 Å². The minimum Gasteiger partial charge on any atom is -1.00 e. The topological polar surface area (TPSA) is 120 Å². The lowest BCUT2D eigenvalue weighted by molar-refractivity contribution is -0.471. The number of nitrogen functional groups attached to an aromatic ring is 1. The Labute approximate surface area is 127 Å². The van der Waals surface area contributed by atoms with Gasteiger partial charge in [-0.15, -0.1) is 0 Å². The molecule has 110 valence electrons. The SMILES string of the molecule is Nc1ccc(C(=O)[NH2+]c2nc3ccccc3[nH]2)cc1.O.[Cl-]. The van der Waals surface area contributed by atoms with Gasteiger partial charge in [-0.1, -0.05) is 12.1 Å². The van der Waals surface area contributed by atoms with E-state index in [1.54, 1.807) is 24.3 Å². The normalized spacial score (nSPS) is 9.71. The molecule has 3 aromatic rings. The highest BCUT2D eigenvalue weighted by molar-refractivity contribution is 5.88. The Hall–Kier alpha value is -2.41. The lowest BCUT2D eigenvalue weighted by atomic mass is 10.2. The zero-order chi connectivity index (χ0) is 13.2. The number of rotatable bonds is 2. The number of imidazole rings is 1. The lowest BCUT2D eigenvalue weighted by Crippen LogP contribution is -3.00. The van der Waals surface area contributed by atoms with Gasteiger partial charge in [0.1, 0.15) is 0 Å².